The average molecular weight is 282 g/mol. The Morgan fingerprint density at radius 2 is 1.50 bits per heavy atom. The normalized spacial score (nSPS) is 17.3. The van der Waals surface area contributed by atoms with Crippen molar-refractivity contribution in [2.75, 3.05) is 31.1 Å². The van der Waals surface area contributed by atoms with E-state index in [0.717, 1.165) is 26.2 Å². The highest BCUT2D eigenvalue weighted by Gasteiger charge is 2.23. The van der Waals surface area contributed by atoms with Gasteiger partial charge in [-0.2, -0.15) is 0 Å². The molecule has 0 bridgehead atoms. The zero-order valence-electron chi connectivity index (χ0n) is 12.8. The van der Waals surface area contributed by atoms with Crippen LogP contribution in [0.1, 0.15) is 39.2 Å². The largest absolute Gasteiger partial charge is 0.367 e. The molecule has 20 heavy (non-hydrogen) atoms. The Kier molecular flexibility index (Phi) is 4.63. The van der Waals surface area contributed by atoms with Crippen molar-refractivity contribution in [3.8, 4) is 0 Å². The minimum atomic E-state index is -0.700. The number of piperazine rings is 1. The van der Waals surface area contributed by atoms with Crippen LogP contribution in [0.5, 0.6) is 0 Å². The van der Waals surface area contributed by atoms with Crippen LogP contribution in [0.3, 0.4) is 0 Å². The summed E-state index contributed by atoms with van der Waals surface area (Å²) in [6.45, 7) is 11.3. The minimum Gasteiger partial charge on any atom is -0.367 e. The number of nitrogens with zero attached hydrogens (tertiary/aromatic N) is 2. The van der Waals surface area contributed by atoms with Gasteiger partial charge in [0.15, 0.2) is 11.6 Å². The van der Waals surface area contributed by atoms with Gasteiger partial charge in [-0.05, 0) is 31.4 Å². The van der Waals surface area contributed by atoms with Crippen molar-refractivity contribution in [3.63, 3.8) is 0 Å². The average Bonchev–Trinajstić information content (AvgIpc) is 2.41. The van der Waals surface area contributed by atoms with E-state index >= 15 is 0 Å². The molecule has 1 aliphatic heterocycles. The number of halogens is 2. The maximum atomic E-state index is 14.2. The molecule has 0 N–H and O–H groups in total. The van der Waals surface area contributed by atoms with Gasteiger partial charge in [-0.1, -0.05) is 19.9 Å². The molecule has 1 aromatic carbocycles. The predicted molar refractivity (Wildman–Crippen MR) is 79.4 cm³/mol. The van der Waals surface area contributed by atoms with Crippen LogP contribution >= 0.6 is 0 Å². The van der Waals surface area contributed by atoms with E-state index in [9.17, 15) is 8.78 Å². The lowest BCUT2D eigenvalue weighted by Crippen LogP contribution is -2.49. The van der Waals surface area contributed by atoms with Gasteiger partial charge >= 0.3 is 0 Å². The summed E-state index contributed by atoms with van der Waals surface area (Å²) < 4.78 is 28.3. The SMILES string of the molecule is CC(C)c1ccc(N2CCN(C(C)C)CC2)c(F)c1F. The lowest BCUT2D eigenvalue weighted by molar-refractivity contribution is 0.209. The van der Waals surface area contributed by atoms with E-state index in [1.807, 2.05) is 18.7 Å². The Morgan fingerprint density at radius 3 is 2.00 bits per heavy atom. The topological polar surface area (TPSA) is 6.48 Å². The monoisotopic (exact) mass is 282 g/mol. The van der Waals surface area contributed by atoms with E-state index in [-0.39, 0.29) is 5.92 Å². The van der Waals surface area contributed by atoms with Crippen LogP contribution in [0.4, 0.5) is 14.5 Å². The molecule has 4 heteroatoms. The molecule has 2 rings (SSSR count). The van der Waals surface area contributed by atoms with Crippen molar-refractivity contribution in [3.05, 3.63) is 29.3 Å². The summed E-state index contributed by atoms with van der Waals surface area (Å²) in [7, 11) is 0. The van der Waals surface area contributed by atoms with Gasteiger partial charge in [0.25, 0.3) is 0 Å². The second kappa shape index (κ2) is 6.08. The molecule has 0 amide bonds. The van der Waals surface area contributed by atoms with E-state index in [1.165, 1.54) is 0 Å². The lowest BCUT2D eigenvalue weighted by atomic mass is 10.0. The lowest BCUT2D eigenvalue weighted by Gasteiger charge is -2.38. The van der Waals surface area contributed by atoms with Crippen molar-refractivity contribution in [1.29, 1.82) is 0 Å². The van der Waals surface area contributed by atoms with Crippen LogP contribution < -0.4 is 4.90 Å². The molecular weight excluding hydrogens is 258 g/mol. The molecule has 0 saturated carbocycles. The standard InChI is InChI=1S/C16H24F2N2/c1-11(2)13-5-6-14(16(18)15(13)17)20-9-7-19(8-10-20)12(3)4/h5-6,11-12H,7-10H2,1-4H3. The molecule has 112 valence electrons. The first kappa shape index (κ1) is 15.2. The Bertz CT molecular complexity index is 464. The highest BCUT2D eigenvalue weighted by atomic mass is 19.2. The maximum Gasteiger partial charge on any atom is 0.182 e. The number of rotatable bonds is 3. The third-order valence-electron chi connectivity index (χ3n) is 4.10. The smallest absolute Gasteiger partial charge is 0.182 e. The van der Waals surface area contributed by atoms with Crippen LogP contribution in [0.15, 0.2) is 12.1 Å². The van der Waals surface area contributed by atoms with Gasteiger partial charge in [0, 0.05) is 32.2 Å². The summed E-state index contributed by atoms with van der Waals surface area (Å²) in [6.07, 6.45) is 0. The fourth-order valence-corrected chi connectivity index (χ4v) is 2.72. The summed E-state index contributed by atoms with van der Waals surface area (Å²) in [6, 6.07) is 3.94. The Labute approximate surface area is 120 Å². The molecular formula is C16H24F2N2. The number of benzene rings is 1. The summed E-state index contributed by atoms with van der Waals surface area (Å²) in [5.41, 5.74) is 0.849. The van der Waals surface area contributed by atoms with Gasteiger partial charge < -0.3 is 4.90 Å². The molecule has 1 aliphatic rings. The molecule has 1 heterocycles. The number of hydrogen-bond acceptors (Lipinski definition) is 2. The van der Waals surface area contributed by atoms with Gasteiger partial charge in [-0.3, -0.25) is 4.90 Å². The van der Waals surface area contributed by atoms with Crippen molar-refractivity contribution in [1.82, 2.24) is 4.90 Å². The van der Waals surface area contributed by atoms with Crippen LogP contribution in [0.25, 0.3) is 0 Å². The van der Waals surface area contributed by atoms with Crippen LogP contribution in [0.2, 0.25) is 0 Å². The van der Waals surface area contributed by atoms with E-state index in [4.69, 9.17) is 0 Å². The minimum absolute atomic E-state index is 0.00339. The Hall–Kier alpha value is -1.16. The van der Waals surface area contributed by atoms with Crippen molar-refractivity contribution in [2.24, 2.45) is 0 Å². The van der Waals surface area contributed by atoms with Crippen molar-refractivity contribution < 1.29 is 8.78 Å². The number of hydrogen-bond donors (Lipinski definition) is 0. The van der Waals surface area contributed by atoms with Crippen molar-refractivity contribution in [2.45, 2.75) is 39.7 Å². The van der Waals surface area contributed by atoms with E-state index in [1.54, 1.807) is 12.1 Å². The quantitative estimate of drug-likeness (QED) is 0.835. The fourth-order valence-electron chi connectivity index (χ4n) is 2.72. The maximum absolute atomic E-state index is 14.2. The molecule has 0 aliphatic carbocycles. The van der Waals surface area contributed by atoms with Gasteiger partial charge in [0.05, 0.1) is 5.69 Å². The third kappa shape index (κ3) is 2.95. The highest BCUT2D eigenvalue weighted by molar-refractivity contribution is 5.50. The first-order valence-corrected chi connectivity index (χ1v) is 7.38. The molecule has 1 fully saturated rings. The second-order valence-corrected chi connectivity index (χ2v) is 6.07. The van der Waals surface area contributed by atoms with Gasteiger partial charge in [0.2, 0.25) is 0 Å². The highest BCUT2D eigenvalue weighted by Crippen LogP contribution is 2.28. The summed E-state index contributed by atoms with van der Waals surface area (Å²) in [4.78, 5) is 4.30. The molecule has 0 atom stereocenters. The van der Waals surface area contributed by atoms with Crippen LogP contribution in [-0.2, 0) is 0 Å². The summed E-state index contributed by atoms with van der Waals surface area (Å²) in [5.74, 6) is -1.39. The van der Waals surface area contributed by atoms with Crippen LogP contribution in [0, 0.1) is 11.6 Å². The third-order valence-corrected chi connectivity index (χ3v) is 4.10. The first-order chi connectivity index (χ1) is 9.41. The molecule has 1 aromatic rings. The molecule has 0 unspecified atom stereocenters. The van der Waals surface area contributed by atoms with Crippen molar-refractivity contribution >= 4 is 5.69 Å². The van der Waals surface area contributed by atoms with E-state index in [0.29, 0.717) is 17.3 Å². The second-order valence-electron chi connectivity index (χ2n) is 6.07. The van der Waals surface area contributed by atoms with E-state index < -0.39 is 11.6 Å². The summed E-state index contributed by atoms with van der Waals surface area (Å²) >= 11 is 0. The first-order valence-electron chi connectivity index (χ1n) is 7.38. The molecule has 1 saturated heterocycles. The molecule has 0 aromatic heterocycles. The predicted octanol–water partition coefficient (Wildman–Crippen LogP) is 3.62. The zero-order chi connectivity index (χ0) is 14.9. The Morgan fingerprint density at radius 1 is 0.900 bits per heavy atom. The molecule has 2 nitrogen and oxygen atoms in total. The molecule has 0 radical (unpaired) electrons. The van der Waals surface area contributed by atoms with E-state index in [2.05, 4.69) is 18.7 Å². The van der Waals surface area contributed by atoms with Gasteiger partial charge in [-0.25, -0.2) is 8.78 Å². The number of anilines is 1. The summed E-state index contributed by atoms with van der Waals surface area (Å²) in [5, 5.41) is 0. The van der Waals surface area contributed by atoms with Gasteiger partial charge in [-0.15, -0.1) is 0 Å². The Balaban J connectivity index is 2.17. The fraction of sp³-hybridized carbons (Fsp3) is 0.625. The molecule has 0 spiro atoms. The zero-order valence-corrected chi connectivity index (χ0v) is 12.8. The van der Waals surface area contributed by atoms with Gasteiger partial charge in [0.1, 0.15) is 0 Å². The van der Waals surface area contributed by atoms with Crippen LogP contribution in [-0.4, -0.2) is 37.1 Å².